The number of hydrogen-bond donors (Lipinski definition) is 1. The molecule has 4 heteroatoms. The summed E-state index contributed by atoms with van der Waals surface area (Å²) in [5.41, 5.74) is 1.10. The Labute approximate surface area is 103 Å². The van der Waals surface area contributed by atoms with Crippen molar-refractivity contribution in [2.45, 2.75) is 6.61 Å². The van der Waals surface area contributed by atoms with Crippen LogP contribution in [0, 0.1) is 0 Å². The largest absolute Gasteiger partial charge is 0.497 e. The minimum absolute atomic E-state index is 0.550. The Morgan fingerprint density at radius 1 is 1.19 bits per heavy atom. The van der Waals surface area contributed by atoms with Crippen molar-refractivity contribution < 1.29 is 9.47 Å². The predicted molar refractivity (Wildman–Crippen MR) is 65.8 cm³/mol. The van der Waals surface area contributed by atoms with Gasteiger partial charge >= 0.3 is 0 Å². The van der Waals surface area contributed by atoms with Gasteiger partial charge in [0.2, 0.25) is 0 Å². The number of hydrogen-bond acceptors (Lipinski definition) is 2. The summed E-state index contributed by atoms with van der Waals surface area (Å²) in [5, 5.41) is 0. The van der Waals surface area contributed by atoms with Crippen LogP contribution < -0.4 is 9.47 Å². The number of aromatic nitrogens is 1. The van der Waals surface area contributed by atoms with Crippen molar-refractivity contribution in [1.29, 1.82) is 0 Å². The molecule has 1 heterocycles. The molecule has 2 rings (SSSR count). The van der Waals surface area contributed by atoms with Crippen LogP contribution in [0.2, 0.25) is 0 Å². The average molecular weight is 282 g/mol. The normalized spacial score (nSPS) is 10.1. The number of halogens is 1. The van der Waals surface area contributed by atoms with Crippen molar-refractivity contribution in [3.63, 3.8) is 0 Å². The maximum absolute atomic E-state index is 5.61. The highest BCUT2D eigenvalue weighted by Crippen LogP contribution is 2.18. The van der Waals surface area contributed by atoms with Crippen LogP contribution in [0.4, 0.5) is 0 Å². The molecule has 0 saturated heterocycles. The van der Waals surface area contributed by atoms with Crippen LogP contribution in [0.3, 0.4) is 0 Å². The average Bonchev–Trinajstić information content (AvgIpc) is 2.73. The van der Waals surface area contributed by atoms with E-state index in [9.17, 15) is 0 Å². The molecule has 0 saturated carbocycles. The van der Waals surface area contributed by atoms with Gasteiger partial charge in [-0.1, -0.05) is 0 Å². The second-order valence-electron chi connectivity index (χ2n) is 3.32. The lowest BCUT2D eigenvalue weighted by molar-refractivity contribution is 0.305. The Balaban J connectivity index is 1.94. The third kappa shape index (κ3) is 2.79. The fourth-order valence-electron chi connectivity index (χ4n) is 1.33. The lowest BCUT2D eigenvalue weighted by atomic mass is 10.3. The van der Waals surface area contributed by atoms with Gasteiger partial charge in [0.05, 0.1) is 11.7 Å². The molecule has 3 nitrogen and oxygen atoms in total. The maximum atomic E-state index is 5.61. The van der Waals surface area contributed by atoms with Crippen LogP contribution in [0.15, 0.2) is 41.1 Å². The van der Waals surface area contributed by atoms with Crippen LogP contribution >= 0.6 is 15.9 Å². The van der Waals surface area contributed by atoms with Crippen molar-refractivity contribution in [3.8, 4) is 11.5 Å². The molecule has 0 bridgehead atoms. The molecule has 0 aliphatic heterocycles. The summed E-state index contributed by atoms with van der Waals surface area (Å²) >= 11 is 3.35. The van der Waals surface area contributed by atoms with E-state index in [1.54, 1.807) is 7.11 Å². The second kappa shape index (κ2) is 5.07. The number of H-pyrrole nitrogens is 1. The van der Waals surface area contributed by atoms with Crippen LogP contribution in [-0.2, 0) is 6.61 Å². The summed E-state index contributed by atoms with van der Waals surface area (Å²) in [7, 11) is 1.65. The van der Waals surface area contributed by atoms with E-state index in [4.69, 9.17) is 9.47 Å². The van der Waals surface area contributed by atoms with Gasteiger partial charge in [-0.2, -0.15) is 0 Å². The van der Waals surface area contributed by atoms with E-state index in [0.29, 0.717) is 6.61 Å². The first-order valence-corrected chi connectivity index (χ1v) is 5.67. The van der Waals surface area contributed by atoms with Crippen LogP contribution in [0.1, 0.15) is 5.56 Å². The van der Waals surface area contributed by atoms with Crippen LogP contribution in [-0.4, -0.2) is 12.1 Å². The monoisotopic (exact) mass is 281 g/mol. The predicted octanol–water partition coefficient (Wildman–Crippen LogP) is 3.36. The molecule has 0 aliphatic carbocycles. The molecule has 0 atom stereocenters. The molecule has 0 radical (unpaired) electrons. The van der Waals surface area contributed by atoms with E-state index in [1.165, 1.54) is 0 Å². The van der Waals surface area contributed by atoms with E-state index in [1.807, 2.05) is 36.5 Å². The summed E-state index contributed by atoms with van der Waals surface area (Å²) in [6, 6.07) is 9.52. The quantitative estimate of drug-likeness (QED) is 0.933. The van der Waals surface area contributed by atoms with Gasteiger partial charge in [0.1, 0.15) is 18.1 Å². The summed E-state index contributed by atoms with van der Waals surface area (Å²) in [6.45, 7) is 0.550. The number of aromatic amines is 1. The number of benzene rings is 1. The number of ether oxygens (including phenoxy) is 2. The lowest BCUT2D eigenvalue weighted by Crippen LogP contribution is -1.93. The van der Waals surface area contributed by atoms with E-state index < -0.39 is 0 Å². The smallest absolute Gasteiger partial charge is 0.120 e. The van der Waals surface area contributed by atoms with Gasteiger partial charge in [0.15, 0.2) is 0 Å². The van der Waals surface area contributed by atoms with Crippen molar-refractivity contribution in [1.82, 2.24) is 4.98 Å². The minimum Gasteiger partial charge on any atom is -0.497 e. The first kappa shape index (κ1) is 11.1. The lowest BCUT2D eigenvalue weighted by Gasteiger charge is -2.05. The summed E-state index contributed by atoms with van der Waals surface area (Å²) in [4.78, 5) is 3.04. The molecule has 0 aliphatic rings. The Morgan fingerprint density at radius 3 is 2.44 bits per heavy atom. The third-order valence-electron chi connectivity index (χ3n) is 2.17. The Kier molecular flexibility index (Phi) is 3.51. The molecule has 1 aromatic heterocycles. The molecule has 1 N–H and O–H groups in total. The van der Waals surface area contributed by atoms with Gasteiger partial charge in [-0.3, -0.25) is 0 Å². The van der Waals surface area contributed by atoms with Crippen LogP contribution in [0.25, 0.3) is 0 Å². The SMILES string of the molecule is COc1ccc(OCc2c[nH]c(Br)c2)cc1. The van der Waals surface area contributed by atoms with Crippen molar-refractivity contribution in [2.24, 2.45) is 0 Å². The van der Waals surface area contributed by atoms with Crippen LogP contribution in [0.5, 0.6) is 11.5 Å². The maximum Gasteiger partial charge on any atom is 0.120 e. The van der Waals surface area contributed by atoms with E-state index in [2.05, 4.69) is 20.9 Å². The Morgan fingerprint density at radius 2 is 1.88 bits per heavy atom. The highest BCUT2D eigenvalue weighted by molar-refractivity contribution is 9.10. The van der Waals surface area contributed by atoms with Gasteiger partial charge in [0.25, 0.3) is 0 Å². The molecule has 84 valence electrons. The van der Waals surface area contributed by atoms with E-state index in [0.717, 1.165) is 21.7 Å². The third-order valence-corrected chi connectivity index (χ3v) is 2.63. The van der Waals surface area contributed by atoms with Crippen molar-refractivity contribution in [3.05, 3.63) is 46.7 Å². The fourth-order valence-corrected chi connectivity index (χ4v) is 1.74. The zero-order valence-electron chi connectivity index (χ0n) is 8.87. The molecule has 1 aromatic carbocycles. The molecule has 2 aromatic rings. The molecule has 16 heavy (non-hydrogen) atoms. The standard InChI is InChI=1S/C12H12BrNO2/c1-15-10-2-4-11(5-3-10)16-8-9-6-12(13)14-7-9/h2-7,14H,8H2,1H3. The molecular formula is C12H12BrNO2. The number of rotatable bonds is 4. The van der Waals surface area contributed by atoms with E-state index >= 15 is 0 Å². The molecule has 0 spiro atoms. The Hall–Kier alpha value is -1.42. The molecule has 0 amide bonds. The molecule has 0 unspecified atom stereocenters. The highest BCUT2D eigenvalue weighted by Gasteiger charge is 1.98. The van der Waals surface area contributed by atoms with Gasteiger partial charge in [-0.05, 0) is 46.3 Å². The topological polar surface area (TPSA) is 34.2 Å². The zero-order chi connectivity index (χ0) is 11.4. The van der Waals surface area contributed by atoms with Gasteiger partial charge in [0, 0.05) is 11.8 Å². The van der Waals surface area contributed by atoms with E-state index in [-0.39, 0.29) is 0 Å². The number of nitrogens with one attached hydrogen (secondary N) is 1. The molecule has 0 fully saturated rings. The highest BCUT2D eigenvalue weighted by atomic mass is 79.9. The minimum atomic E-state index is 0.550. The summed E-state index contributed by atoms with van der Waals surface area (Å²) < 4.78 is 11.6. The first-order valence-electron chi connectivity index (χ1n) is 4.87. The zero-order valence-corrected chi connectivity index (χ0v) is 10.5. The molecular weight excluding hydrogens is 270 g/mol. The second-order valence-corrected chi connectivity index (χ2v) is 4.17. The fraction of sp³-hybridized carbons (Fsp3) is 0.167. The van der Waals surface area contributed by atoms with Gasteiger partial charge in [-0.15, -0.1) is 0 Å². The first-order chi connectivity index (χ1) is 7.78. The summed E-state index contributed by atoms with van der Waals surface area (Å²) in [5.74, 6) is 1.66. The Bertz CT molecular complexity index is 450. The van der Waals surface area contributed by atoms with Gasteiger partial charge < -0.3 is 14.5 Å². The van der Waals surface area contributed by atoms with Crippen molar-refractivity contribution in [2.75, 3.05) is 7.11 Å². The summed E-state index contributed by atoms with van der Waals surface area (Å²) in [6.07, 6.45) is 1.91. The van der Waals surface area contributed by atoms with Crippen molar-refractivity contribution >= 4 is 15.9 Å². The number of methoxy groups -OCH3 is 1. The van der Waals surface area contributed by atoms with Gasteiger partial charge in [-0.25, -0.2) is 0 Å².